The number of nitrogens with zero attached hydrogens (tertiary/aromatic N) is 6. The van der Waals surface area contributed by atoms with Crippen molar-refractivity contribution >= 4 is 44.3 Å². The zero-order chi connectivity index (χ0) is 25.1. The van der Waals surface area contributed by atoms with Crippen molar-refractivity contribution in [2.45, 2.75) is 0 Å². The highest BCUT2D eigenvalue weighted by Crippen LogP contribution is 2.34. The van der Waals surface area contributed by atoms with Crippen LogP contribution in [0, 0.1) is 0 Å². The molecule has 178 valence electrons. The van der Waals surface area contributed by atoms with Crippen molar-refractivity contribution in [2.75, 3.05) is 0 Å². The fraction of sp³-hybridized carbons (Fsp3) is 0. The van der Waals surface area contributed by atoms with E-state index >= 15 is 0 Å². The molecule has 5 aromatic heterocycles. The first-order valence-electron chi connectivity index (χ1n) is 12.5. The highest BCUT2D eigenvalue weighted by Gasteiger charge is 2.21. The number of para-hydroxylation sites is 2. The Hall–Kier alpha value is -5.36. The number of aromatic nitrogens is 6. The Morgan fingerprint density at radius 1 is 0.474 bits per heavy atom. The topological polar surface area (TPSA) is 61.4 Å². The Kier molecular flexibility index (Phi) is 4.42. The van der Waals surface area contributed by atoms with Crippen LogP contribution < -0.4 is 0 Å². The van der Waals surface area contributed by atoms with Gasteiger partial charge >= 0.3 is 0 Å². The molecule has 0 fully saturated rings. The summed E-state index contributed by atoms with van der Waals surface area (Å²) < 4.78 is 4.24. The maximum atomic E-state index is 5.27. The molecule has 3 aromatic carbocycles. The summed E-state index contributed by atoms with van der Waals surface area (Å²) >= 11 is 0. The van der Waals surface area contributed by atoms with E-state index in [1.807, 2.05) is 66.9 Å². The Balaban J connectivity index is 1.45. The zero-order valence-corrected chi connectivity index (χ0v) is 20.2. The van der Waals surface area contributed by atoms with Crippen LogP contribution in [-0.2, 0) is 0 Å². The van der Waals surface area contributed by atoms with E-state index in [2.05, 4.69) is 57.7 Å². The van der Waals surface area contributed by atoms with Crippen LogP contribution in [0.1, 0.15) is 0 Å². The van der Waals surface area contributed by atoms with Gasteiger partial charge in [-0.15, -0.1) is 0 Å². The molecule has 0 amide bonds. The monoisotopic (exact) mass is 488 g/mol. The van der Waals surface area contributed by atoms with Gasteiger partial charge in [-0.25, -0.2) is 15.0 Å². The van der Waals surface area contributed by atoms with Crippen molar-refractivity contribution in [1.82, 2.24) is 29.1 Å². The van der Waals surface area contributed by atoms with Crippen molar-refractivity contribution in [3.05, 3.63) is 122 Å². The molecule has 38 heavy (non-hydrogen) atoms. The standard InChI is InChI=1S/C32H20N6/c1-3-10-21(11-4-1)22-17-18-27(34-20-22)38-26-16-9-19-33-29(26)30-32(38)36-31-28(35-30)24-14-7-8-15-25(24)37(31)23-12-5-2-6-13-23/h1-20H. The minimum absolute atomic E-state index is 0.728. The lowest BCUT2D eigenvalue weighted by atomic mass is 10.1. The summed E-state index contributed by atoms with van der Waals surface area (Å²) in [6, 6.07) is 37.0. The molecule has 0 unspecified atom stereocenters. The van der Waals surface area contributed by atoms with E-state index in [9.17, 15) is 0 Å². The maximum Gasteiger partial charge on any atom is 0.169 e. The molecule has 0 N–H and O–H groups in total. The summed E-state index contributed by atoms with van der Waals surface area (Å²) in [4.78, 5) is 20.0. The molecule has 0 bridgehead atoms. The van der Waals surface area contributed by atoms with Gasteiger partial charge in [0.2, 0.25) is 0 Å². The number of hydrogen-bond acceptors (Lipinski definition) is 4. The lowest BCUT2D eigenvalue weighted by Crippen LogP contribution is -2.01. The minimum Gasteiger partial charge on any atom is -0.292 e. The van der Waals surface area contributed by atoms with Gasteiger partial charge in [-0.2, -0.15) is 0 Å². The summed E-state index contributed by atoms with van der Waals surface area (Å²) in [5.41, 5.74) is 9.17. The van der Waals surface area contributed by atoms with Gasteiger partial charge in [0.15, 0.2) is 11.3 Å². The predicted octanol–water partition coefficient (Wildman–Crippen LogP) is 7.13. The molecule has 0 aliphatic heterocycles. The van der Waals surface area contributed by atoms with Gasteiger partial charge in [0.1, 0.15) is 22.4 Å². The number of fused-ring (bicyclic) bond motifs is 6. The largest absolute Gasteiger partial charge is 0.292 e. The van der Waals surface area contributed by atoms with Gasteiger partial charge < -0.3 is 0 Å². The summed E-state index contributed by atoms with van der Waals surface area (Å²) in [6.45, 7) is 0. The first kappa shape index (κ1) is 20.8. The van der Waals surface area contributed by atoms with Gasteiger partial charge in [0.05, 0.1) is 11.0 Å². The summed E-state index contributed by atoms with van der Waals surface area (Å²) in [7, 11) is 0. The average molecular weight is 489 g/mol. The molecule has 0 aliphatic carbocycles. The number of benzene rings is 3. The van der Waals surface area contributed by atoms with Crippen molar-refractivity contribution in [3.8, 4) is 22.6 Å². The SMILES string of the molecule is c1ccc(-c2ccc(-n3c4cccnc4c4nc5c6ccccc6n(-c6ccccc6)c5nc43)nc2)cc1. The molecule has 0 saturated heterocycles. The average Bonchev–Trinajstić information content (AvgIpc) is 3.49. The lowest BCUT2D eigenvalue weighted by molar-refractivity contribution is 1.05. The molecule has 8 aromatic rings. The number of rotatable bonds is 3. The van der Waals surface area contributed by atoms with E-state index in [4.69, 9.17) is 19.9 Å². The third kappa shape index (κ3) is 3.01. The Morgan fingerprint density at radius 3 is 2.03 bits per heavy atom. The summed E-state index contributed by atoms with van der Waals surface area (Å²) in [6.07, 6.45) is 3.71. The zero-order valence-electron chi connectivity index (χ0n) is 20.2. The molecule has 0 spiro atoms. The molecule has 6 heteroatoms. The van der Waals surface area contributed by atoms with E-state index in [0.29, 0.717) is 0 Å². The molecule has 8 rings (SSSR count). The normalized spacial score (nSPS) is 11.7. The predicted molar refractivity (Wildman–Crippen MR) is 152 cm³/mol. The van der Waals surface area contributed by atoms with E-state index in [0.717, 1.165) is 66.9 Å². The van der Waals surface area contributed by atoms with Crippen molar-refractivity contribution in [1.29, 1.82) is 0 Å². The van der Waals surface area contributed by atoms with E-state index in [1.54, 1.807) is 6.20 Å². The molecule has 0 aliphatic rings. The van der Waals surface area contributed by atoms with Crippen LogP contribution in [-0.4, -0.2) is 29.1 Å². The molecule has 5 heterocycles. The third-order valence-corrected chi connectivity index (χ3v) is 7.03. The molecule has 0 saturated carbocycles. The fourth-order valence-corrected chi connectivity index (χ4v) is 5.32. The quantitative estimate of drug-likeness (QED) is 0.265. The molecule has 0 radical (unpaired) electrons. The summed E-state index contributed by atoms with van der Waals surface area (Å²) in [5, 5.41) is 1.06. The highest BCUT2D eigenvalue weighted by atomic mass is 15.2. The van der Waals surface area contributed by atoms with Crippen molar-refractivity contribution < 1.29 is 0 Å². The first-order chi connectivity index (χ1) is 18.9. The van der Waals surface area contributed by atoms with Crippen LogP contribution in [0.4, 0.5) is 0 Å². The first-order valence-corrected chi connectivity index (χ1v) is 12.5. The lowest BCUT2D eigenvalue weighted by Gasteiger charge is -2.09. The second-order valence-corrected chi connectivity index (χ2v) is 9.23. The van der Waals surface area contributed by atoms with E-state index in [-0.39, 0.29) is 0 Å². The Morgan fingerprint density at radius 2 is 1.21 bits per heavy atom. The Labute approximate surface area is 217 Å². The van der Waals surface area contributed by atoms with Gasteiger partial charge in [0.25, 0.3) is 0 Å². The highest BCUT2D eigenvalue weighted by molar-refractivity contribution is 6.11. The van der Waals surface area contributed by atoms with Crippen molar-refractivity contribution in [3.63, 3.8) is 0 Å². The van der Waals surface area contributed by atoms with E-state index in [1.165, 1.54) is 0 Å². The van der Waals surface area contributed by atoms with Crippen LogP contribution in [0.15, 0.2) is 122 Å². The smallest absolute Gasteiger partial charge is 0.169 e. The van der Waals surface area contributed by atoms with Gasteiger partial charge in [-0.05, 0) is 48.0 Å². The van der Waals surface area contributed by atoms with Crippen LogP contribution >= 0.6 is 0 Å². The van der Waals surface area contributed by atoms with Gasteiger partial charge in [-0.1, -0.05) is 66.7 Å². The van der Waals surface area contributed by atoms with Crippen LogP contribution in [0.25, 0.3) is 66.9 Å². The van der Waals surface area contributed by atoms with Gasteiger partial charge in [0, 0.05) is 29.0 Å². The number of pyridine rings is 2. The molecular weight excluding hydrogens is 468 g/mol. The van der Waals surface area contributed by atoms with Crippen molar-refractivity contribution in [2.24, 2.45) is 0 Å². The third-order valence-electron chi connectivity index (χ3n) is 7.03. The van der Waals surface area contributed by atoms with Gasteiger partial charge in [-0.3, -0.25) is 14.1 Å². The van der Waals surface area contributed by atoms with Crippen LogP contribution in [0.2, 0.25) is 0 Å². The Bertz CT molecular complexity index is 2110. The molecular formula is C32H20N6. The number of hydrogen-bond donors (Lipinski definition) is 0. The maximum absolute atomic E-state index is 5.27. The molecule has 6 nitrogen and oxygen atoms in total. The fourth-order valence-electron chi connectivity index (χ4n) is 5.32. The minimum atomic E-state index is 0.728. The van der Waals surface area contributed by atoms with E-state index < -0.39 is 0 Å². The second kappa shape index (κ2) is 8.08. The summed E-state index contributed by atoms with van der Waals surface area (Å²) in [5.74, 6) is 0.772. The van der Waals surface area contributed by atoms with Crippen LogP contribution in [0.3, 0.4) is 0 Å². The molecule has 0 atom stereocenters. The van der Waals surface area contributed by atoms with Crippen LogP contribution in [0.5, 0.6) is 0 Å². The second-order valence-electron chi connectivity index (χ2n) is 9.23.